The van der Waals surface area contributed by atoms with Crippen molar-refractivity contribution in [2.24, 2.45) is 0 Å². The maximum Gasteiger partial charge on any atom is 0.303 e. The van der Waals surface area contributed by atoms with Crippen LogP contribution in [0.2, 0.25) is 0 Å². The first-order chi connectivity index (χ1) is 8.56. The molecule has 1 heterocycles. The zero-order valence-electron chi connectivity index (χ0n) is 9.97. The lowest BCUT2D eigenvalue weighted by atomic mass is 10.1. The number of carboxylic acid groups (broad SMARTS) is 1. The van der Waals surface area contributed by atoms with Crippen molar-refractivity contribution in [2.45, 2.75) is 26.2 Å². The van der Waals surface area contributed by atoms with Gasteiger partial charge in [0.25, 0.3) is 0 Å². The average Bonchev–Trinajstić information content (AvgIpc) is 2.67. The largest absolute Gasteiger partial charge is 0.481 e. The Hall–Kier alpha value is -2.17. The van der Waals surface area contributed by atoms with Gasteiger partial charge in [-0.3, -0.25) is 9.59 Å². The number of oxazole rings is 1. The van der Waals surface area contributed by atoms with Gasteiger partial charge in [0.05, 0.1) is 0 Å². The van der Waals surface area contributed by atoms with E-state index in [4.69, 9.17) is 9.52 Å². The Morgan fingerprint density at radius 1 is 1.33 bits per heavy atom. The lowest BCUT2D eigenvalue weighted by Gasteiger charge is -1.99. The van der Waals surface area contributed by atoms with Gasteiger partial charge in [-0.2, -0.15) is 0 Å². The number of ketones is 1. The van der Waals surface area contributed by atoms with Crippen LogP contribution in [0.3, 0.4) is 0 Å². The van der Waals surface area contributed by atoms with Crippen LogP contribution in [0.4, 0.5) is 0 Å². The molecule has 0 aliphatic heterocycles. The molecule has 18 heavy (non-hydrogen) atoms. The van der Waals surface area contributed by atoms with Crippen LogP contribution in [0.15, 0.2) is 22.6 Å². The number of hydrogen-bond donors (Lipinski definition) is 1. The highest BCUT2D eigenvalue weighted by molar-refractivity contribution is 5.98. The first-order valence-electron chi connectivity index (χ1n) is 5.68. The Kier molecular flexibility index (Phi) is 3.41. The molecule has 5 heteroatoms. The number of hydrogen-bond acceptors (Lipinski definition) is 4. The average molecular weight is 247 g/mol. The van der Waals surface area contributed by atoms with E-state index in [1.807, 2.05) is 0 Å². The summed E-state index contributed by atoms with van der Waals surface area (Å²) in [5.41, 5.74) is 1.84. The van der Waals surface area contributed by atoms with Gasteiger partial charge >= 0.3 is 5.97 Å². The molecule has 94 valence electrons. The van der Waals surface area contributed by atoms with E-state index in [0.29, 0.717) is 29.0 Å². The van der Waals surface area contributed by atoms with Crippen molar-refractivity contribution in [2.75, 3.05) is 0 Å². The van der Waals surface area contributed by atoms with E-state index in [-0.39, 0.29) is 18.6 Å². The normalized spacial score (nSPS) is 10.7. The number of carbonyl (C=O) groups is 2. The fourth-order valence-electron chi connectivity index (χ4n) is 1.76. The molecule has 0 radical (unpaired) electrons. The lowest BCUT2D eigenvalue weighted by molar-refractivity contribution is -0.137. The summed E-state index contributed by atoms with van der Waals surface area (Å²) in [4.78, 5) is 26.3. The molecule has 2 rings (SSSR count). The Balaban J connectivity index is 2.10. The summed E-state index contributed by atoms with van der Waals surface area (Å²) in [7, 11) is 0. The lowest BCUT2D eigenvalue weighted by Crippen LogP contribution is -2.01. The molecule has 0 bridgehead atoms. The topological polar surface area (TPSA) is 80.4 Å². The molecule has 0 saturated heterocycles. The summed E-state index contributed by atoms with van der Waals surface area (Å²) >= 11 is 0. The number of carbonyl (C=O) groups excluding carboxylic acids is 1. The van der Waals surface area contributed by atoms with Crippen molar-refractivity contribution >= 4 is 22.9 Å². The summed E-state index contributed by atoms with van der Waals surface area (Å²) in [5.74, 6) is -0.398. The Morgan fingerprint density at radius 3 is 2.83 bits per heavy atom. The van der Waals surface area contributed by atoms with Crippen LogP contribution in [0.5, 0.6) is 0 Å². The van der Waals surface area contributed by atoms with Gasteiger partial charge in [-0.1, -0.05) is 0 Å². The van der Waals surface area contributed by atoms with Gasteiger partial charge in [0.15, 0.2) is 17.3 Å². The standard InChI is InChI=1S/C13H13NO4/c1-8-14-10-7-9(5-6-12(10)18-8)11(15)3-2-4-13(16)17/h5-7H,2-4H2,1H3,(H,16,17). The first kappa shape index (κ1) is 12.3. The van der Waals surface area contributed by atoms with E-state index in [9.17, 15) is 9.59 Å². The molecule has 0 atom stereocenters. The number of aryl methyl sites for hydroxylation is 1. The van der Waals surface area contributed by atoms with Crippen molar-refractivity contribution in [3.8, 4) is 0 Å². The van der Waals surface area contributed by atoms with Crippen molar-refractivity contribution < 1.29 is 19.1 Å². The number of aromatic nitrogens is 1. The summed E-state index contributed by atoms with van der Waals surface area (Å²) in [5, 5.41) is 8.51. The quantitative estimate of drug-likeness (QED) is 0.821. The molecular formula is C13H13NO4. The molecule has 0 fully saturated rings. The van der Waals surface area contributed by atoms with E-state index in [1.54, 1.807) is 25.1 Å². The number of aliphatic carboxylic acids is 1. The second-order valence-corrected chi connectivity index (χ2v) is 4.09. The third kappa shape index (κ3) is 2.74. The van der Waals surface area contributed by atoms with Crippen molar-refractivity contribution in [3.05, 3.63) is 29.7 Å². The third-order valence-electron chi connectivity index (χ3n) is 2.61. The number of rotatable bonds is 5. The molecular weight excluding hydrogens is 234 g/mol. The molecule has 0 amide bonds. The summed E-state index contributed by atoms with van der Waals surface area (Å²) in [6.07, 6.45) is 0.593. The van der Waals surface area contributed by atoms with Crippen molar-refractivity contribution in [1.82, 2.24) is 4.98 Å². The second kappa shape index (κ2) is 5.00. The van der Waals surface area contributed by atoms with E-state index in [2.05, 4.69) is 4.98 Å². The highest BCUT2D eigenvalue weighted by Gasteiger charge is 2.10. The predicted octanol–water partition coefficient (Wildman–Crippen LogP) is 2.57. The molecule has 0 spiro atoms. The summed E-state index contributed by atoms with van der Waals surface area (Å²) in [6, 6.07) is 5.06. The summed E-state index contributed by atoms with van der Waals surface area (Å²) in [6.45, 7) is 1.74. The van der Waals surface area contributed by atoms with Crippen LogP contribution in [0.1, 0.15) is 35.5 Å². The van der Waals surface area contributed by atoms with Crippen LogP contribution in [0, 0.1) is 6.92 Å². The number of fused-ring (bicyclic) bond motifs is 1. The van der Waals surface area contributed by atoms with Gasteiger partial charge in [0.1, 0.15) is 5.52 Å². The van der Waals surface area contributed by atoms with E-state index in [0.717, 1.165) is 0 Å². The number of benzene rings is 1. The van der Waals surface area contributed by atoms with E-state index < -0.39 is 5.97 Å². The Labute approximate surface area is 103 Å². The maximum absolute atomic E-state index is 11.8. The van der Waals surface area contributed by atoms with Crippen LogP contribution in [0.25, 0.3) is 11.1 Å². The van der Waals surface area contributed by atoms with Gasteiger partial charge in [-0.15, -0.1) is 0 Å². The number of nitrogens with zero attached hydrogens (tertiary/aromatic N) is 1. The van der Waals surface area contributed by atoms with Gasteiger partial charge in [-0.05, 0) is 24.6 Å². The van der Waals surface area contributed by atoms with Gasteiger partial charge < -0.3 is 9.52 Å². The molecule has 0 aliphatic rings. The molecule has 1 N–H and O–H groups in total. The summed E-state index contributed by atoms with van der Waals surface area (Å²) < 4.78 is 5.32. The van der Waals surface area contributed by atoms with Gasteiger partial charge in [0.2, 0.25) is 0 Å². The maximum atomic E-state index is 11.8. The minimum Gasteiger partial charge on any atom is -0.481 e. The van der Waals surface area contributed by atoms with Gasteiger partial charge in [0, 0.05) is 25.3 Å². The van der Waals surface area contributed by atoms with Gasteiger partial charge in [-0.25, -0.2) is 4.98 Å². The van der Waals surface area contributed by atoms with Crippen LogP contribution in [-0.2, 0) is 4.79 Å². The van der Waals surface area contributed by atoms with Crippen molar-refractivity contribution in [3.63, 3.8) is 0 Å². The Bertz CT molecular complexity index is 600. The highest BCUT2D eigenvalue weighted by atomic mass is 16.4. The molecule has 1 aromatic carbocycles. The molecule has 5 nitrogen and oxygen atoms in total. The van der Waals surface area contributed by atoms with Crippen LogP contribution < -0.4 is 0 Å². The third-order valence-corrected chi connectivity index (χ3v) is 2.61. The molecule has 1 aromatic heterocycles. The molecule has 0 saturated carbocycles. The minimum atomic E-state index is -0.884. The first-order valence-corrected chi connectivity index (χ1v) is 5.68. The number of carboxylic acids is 1. The molecule has 0 unspecified atom stereocenters. The highest BCUT2D eigenvalue weighted by Crippen LogP contribution is 2.18. The fraction of sp³-hybridized carbons (Fsp3) is 0.308. The molecule has 2 aromatic rings. The van der Waals surface area contributed by atoms with Crippen LogP contribution >= 0.6 is 0 Å². The SMILES string of the molecule is Cc1nc2cc(C(=O)CCCC(=O)O)ccc2o1. The van der Waals surface area contributed by atoms with E-state index >= 15 is 0 Å². The Morgan fingerprint density at radius 2 is 2.11 bits per heavy atom. The van der Waals surface area contributed by atoms with E-state index in [1.165, 1.54) is 0 Å². The fourth-order valence-corrected chi connectivity index (χ4v) is 1.76. The predicted molar refractivity (Wildman–Crippen MR) is 64.6 cm³/mol. The minimum absolute atomic E-state index is 0.0110. The molecule has 0 aliphatic carbocycles. The van der Waals surface area contributed by atoms with Crippen LogP contribution in [-0.4, -0.2) is 21.8 Å². The zero-order valence-corrected chi connectivity index (χ0v) is 9.97. The smallest absolute Gasteiger partial charge is 0.303 e. The monoisotopic (exact) mass is 247 g/mol. The van der Waals surface area contributed by atoms with Crippen molar-refractivity contribution in [1.29, 1.82) is 0 Å². The zero-order chi connectivity index (χ0) is 13.1. The number of Topliss-reactive ketones (excluding diaryl/α,β-unsaturated/α-hetero) is 1. The second-order valence-electron chi connectivity index (χ2n) is 4.09.